The first-order valence-electron chi connectivity index (χ1n) is 12.5. The number of pyridine rings is 1. The molecule has 204 valence electrons. The van der Waals surface area contributed by atoms with Crippen LogP contribution in [0.1, 0.15) is 12.0 Å². The maximum absolute atomic E-state index is 12.7. The van der Waals surface area contributed by atoms with Gasteiger partial charge in [0.15, 0.2) is 0 Å². The molecule has 0 aliphatic rings. The van der Waals surface area contributed by atoms with Crippen molar-refractivity contribution in [3.63, 3.8) is 0 Å². The van der Waals surface area contributed by atoms with Gasteiger partial charge in [-0.25, -0.2) is 32.9 Å². The van der Waals surface area contributed by atoms with Gasteiger partial charge in [-0.15, -0.1) is 0 Å². The molecule has 0 radical (unpaired) electrons. The second kappa shape index (κ2) is 12.4. The van der Waals surface area contributed by atoms with Gasteiger partial charge in [-0.05, 0) is 54.4 Å². The molecule has 0 bridgehead atoms. The van der Waals surface area contributed by atoms with Crippen LogP contribution in [0.2, 0.25) is 0 Å². The van der Waals surface area contributed by atoms with Crippen molar-refractivity contribution >= 4 is 33.4 Å². The van der Waals surface area contributed by atoms with Crippen molar-refractivity contribution in [2.24, 2.45) is 0 Å². The first-order chi connectivity index (χ1) is 19.5. The van der Waals surface area contributed by atoms with E-state index in [9.17, 15) is 13.2 Å². The topological polar surface area (TPSA) is 140 Å². The highest BCUT2D eigenvalue weighted by Gasteiger charge is 2.14. The molecule has 40 heavy (non-hydrogen) atoms. The van der Waals surface area contributed by atoms with E-state index in [2.05, 4.69) is 30.3 Å². The molecule has 5 rings (SSSR count). The van der Waals surface area contributed by atoms with Crippen molar-refractivity contribution in [1.29, 1.82) is 0 Å². The maximum atomic E-state index is 12.7. The molecule has 0 aliphatic carbocycles. The van der Waals surface area contributed by atoms with Crippen LogP contribution in [0.15, 0.2) is 102 Å². The minimum absolute atomic E-state index is 0.119. The highest BCUT2D eigenvalue weighted by molar-refractivity contribution is 7.89. The van der Waals surface area contributed by atoms with E-state index in [0.717, 1.165) is 16.9 Å². The molecular formula is C28H27N7O4S. The Labute approximate surface area is 231 Å². The molecule has 5 aromatic rings. The van der Waals surface area contributed by atoms with Crippen molar-refractivity contribution in [3.8, 4) is 11.4 Å². The molecule has 3 N–H and O–H groups in total. The third-order valence-electron chi connectivity index (χ3n) is 5.88. The standard InChI is InChI=1S/C28H27N7O4S/c36-28(39-20-21-7-2-1-3-8-21)30-15-6-16-32-40(37,38)23-12-10-22(11-13-23)33-27-29-17-14-24(34-27)25-19-31-26-9-4-5-18-35(25)26/h1-5,7-14,17-19,32H,6,15-16,20H2,(H,30,36)(H,29,33,34). The molecule has 3 aromatic heterocycles. The monoisotopic (exact) mass is 557 g/mol. The van der Waals surface area contributed by atoms with Crippen molar-refractivity contribution in [1.82, 2.24) is 29.4 Å². The highest BCUT2D eigenvalue weighted by atomic mass is 32.2. The number of hydrogen-bond donors (Lipinski definition) is 3. The number of benzene rings is 2. The summed E-state index contributed by atoms with van der Waals surface area (Å²) in [6.07, 6.45) is 5.16. The van der Waals surface area contributed by atoms with Crippen molar-refractivity contribution in [3.05, 3.63) is 103 Å². The van der Waals surface area contributed by atoms with Crippen LogP contribution in [-0.2, 0) is 21.4 Å². The van der Waals surface area contributed by atoms with E-state index < -0.39 is 16.1 Å². The molecule has 1 amide bonds. The third kappa shape index (κ3) is 6.79. The number of ether oxygens (including phenoxy) is 1. The van der Waals surface area contributed by atoms with E-state index in [-0.39, 0.29) is 24.6 Å². The van der Waals surface area contributed by atoms with Crippen LogP contribution in [0.3, 0.4) is 0 Å². The SMILES string of the molecule is O=C(NCCCNS(=O)(=O)c1ccc(Nc2nccc(-c3cnc4ccccn34)n2)cc1)OCc1ccccc1. The van der Waals surface area contributed by atoms with Crippen LogP contribution in [0.5, 0.6) is 0 Å². The summed E-state index contributed by atoms with van der Waals surface area (Å²) < 4.78 is 34.9. The number of aromatic nitrogens is 4. The van der Waals surface area contributed by atoms with Crippen LogP contribution < -0.4 is 15.4 Å². The van der Waals surface area contributed by atoms with Gasteiger partial charge in [-0.2, -0.15) is 0 Å². The number of nitrogens with zero attached hydrogens (tertiary/aromatic N) is 4. The van der Waals surface area contributed by atoms with Gasteiger partial charge in [0.05, 0.1) is 22.5 Å². The first kappa shape index (κ1) is 26.8. The zero-order valence-electron chi connectivity index (χ0n) is 21.4. The Morgan fingerprint density at radius 1 is 0.900 bits per heavy atom. The Balaban J connectivity index is 1.10. The van der Waals surface area contributed by atoms with Crippen LogP contribution >= 0.6 is 0 Å². The van der Waals surface area contributed by atoms with Gasteiger partial charge in [-0.1, -0.05) is 36.4 Å². The molecule has 0 atom stereocenters. The van der Waals surface area contributed by atoms with Crippen LogP contribution in [-0.4, -0.2) is 47.0 Å². The third-order valence-corrected chi connectivity index (χ3v) is 7.36. The average molecular weight is 558 g/mol. The summed E-state index contributed by atoms with van der Waals surface area (Å²) in [5, 5.41) is 5.72. The second-order valence-electron chi connectivity index (χ2n) is 8.73. The summed E-state index contributed by atoms with van der Waals surface area (Å²) in [7, 11) is -3.72. The van der Waals surface area contributed by atoms with Gasteiger partial charge in [-0.3, -0.25) is 4.40 Å². The number of carbonyl (C=O) groups excluding carboxylic acids is 1. The molecule has 0 saturated carbocycles. The van der Waals surface area contributed by atoms with Gasteiger partial charge in [0, 0.05) is 31.2 Å². The van der Waals surface area contributed by atoms with Gasteiger partial charge in [0.1, 0.15) is 12.3 Å². The van der Waals surface area contributed by atoms with Gasteiger partial charge >= 0.3 is 6.09 Å². The quantitative estimate of drug-likeness (QED) is 0.206. The van der Waals surface area contributed by atoms with Gasteiger partial charge in [0.2, 0.25) is 16.0 Å². The number of alkyl carbamates (subject to hydrolysis) is 1. The molecule has 0 unspecified atom stereocenters. The summed E-state index contributed by atoms with van der Waals surface area (Å²) in [6.45, 7) is 0.599. The number of amides is 1. The lowest BCUT2D eigenvalue weighted by Crippen LogP contribution is -2.30. The summed E-state index contributed by atoms with van der Waals surface area (Å²) in [5.74, 6) is 0.368. The lowest BCUT2D eigenvalue weighted by atomic mass is 10.2. The molecule has 3 heterocycles. The molecule has 0 aliphatic heterocycles. The lowest BCUT2D eigenvalue weighted by Gasteiger charge is -2.10. The Morgan fingerprint density at radius 3 is 2.52 bits per heavy atom. The largest absolute Gasteiger partial charge is 0.445 e. The number of anilines is 2. The summed E-state index contributed by atoms with van der Waals surface area (Å²) in [6, 6.07) is 23.2. The Bertz CT molecular complexity index is 1690. The molecule has 12 heteroatoms. The van der Waals surface area contributed by atoms with E-state index in [1.165, 1.54) is 12.1 Å². The maximum Gasteiger partial charge on any atom is 0.407 e. The number of imidazole rings is 1. The highest BCUT2D eigenvalue weighted by Crippen LogP contribution is 2.21. The smallest absolute Gasteiger partial charge is 0.407 e. The normalized spacial score (nSPS) is 11.3. The van der Waals surface area contributed by atoms with Crippen molar-refractivity contribution < 1.29 is 17.9 Å². The van der Waals surface area contributed by atoms with Crippen molar-refractivity contribution in [2.45, 2.75) is 17.9 Å². The number of fused-ring (bicyclic) bond motifs is 1. The fourth-order valence-electron chi connectivity index (χ4n) is 3.87. The van der Waals surface area contributed by atoms with E-state index in [1.54, 1.807) is 30.6 Å². The number of carbonyl (C=O) groups is 1. The first-order valence-corrected chi connectivity index (χ1v) is 14.0. The Kier molecular flexibility index (Phi) is 8.28. The number of rotatable bonds is 11. The fourth-order valence-corrected chi connectivity index (χ4v) is 4.95. The van der Waals surface area contributed by atoms with E-state index in [0.29, 0.717) is 23.8 Å². The van der Waals surface area contributed by atoms with E-state index in [4.69, 9.17) is 4.74 Å². The molecule has 0 saturated heterocycles. The molecule has 0 fully saturated rings. The minimum atomic E-state index is -3.72. The van der Waals surface area contributed by atoms with Crippen LogP contribution in [0.4, 0.5) is 16.4 Å². The number of sulfonamides is 1. The minimum Gasteiger partial charge on any atom is -0.445 e. The molecule has 0 spiro atoms. The summed E-state index contributed by atoms with van der Waals surface area (Å²) in [5.41, 5.74) is 3.85. The van der Waals surface area contributed by atoms with Crippen molar-refractivity contribution in [2.75, 3.05) is 18.4 Å². The van der Waals surface area contributed by atoms with E-state index in [1.807, 2.05) is 59.1 Å². The number of hydrogen-bond acceptors (Lipinski definition) is 8. The average Bonchev–Trinajstić information content (AvgIpc) is 3.41. The van der Waals surface area contributed by atoms with Gasteiger partial charge < -0.3 is 15.4 Å². The van der Waals surface area contributed by atoms with Gasteiger partial charge in [0.25, 0.3) is 0 Å². The molecule has 11 nitrogen and oxygen atoms in total. The second-order valence-corrected chi connectivity index (χ2v) is 10.5. The zero-order chi connectivity index (χ0) is 27.8. The predicted molar refractivity (Wildman–Crippen MR) is 150 cm³/mol. The fraction of sp³-hybridized carbons (Fsp3) is 0.143. The summed E-state index contributed by atoms with van der Waals surface area (Å²) >= 11 is 0. The molecular weight excluding hydrogens is 530 g/mol. The molecule has 2 aromatic carbocycles. The van der Waals surface area contributed by atoms with Crippen LogP contribution in [0.25, 0.3) is 17.0 Å². The predicted octanol–water partition coefficient (Wildman–Crippen LogP) is 4.13. The van der Waals surface area contributed by atoms with Crippen LogP contribution in [0, 0.1) is 0 Å². The van der Waals surface area contributed by atoms with E-state index >= 15 is 0 Å². The Hall–Kier alpha value is -4.81. The summed E-state index contributed by atoms with van der Waals surface area (Å²) in [4.78, 5) is 25.2. The Morgan fingerprint density at radius 2 is 1.70 bits per heavy atom. The lowest BCUT2D eigenvalue weighted by molar-refractivity contribution is 0.139. The number of nitrogens with one attached hydrogen (secondary N) is 3. The zero-order valence-corrected chi connectivity index (χ0v) is 22.2.